The molecule has 3 aromatic heterocycles. The van der Waals surface area contributed by atoms with E-state index in [9.17, 15) is 23.6 Å². The molecule has 0 amide bonds. The maximum absolute atomic E-state index is 10.1. The summed E-state index contributed by atoms with van der Waals surface area (Å²) >= 11 is 0. The number of carboxylic acid groups (broad SMARTS) is 3. The van der Waals surface area contributed by atoms with Gasteiger partial charge in [0.2, 0.25) is 0 Å². The fourth-order valence-electron chi connectivity index (χ4n) is 1.71. The number of alkyl halides is 1. The van der Waals surface area contributed by atoms with Gasteiger partial charge in [-0.25, -0.2) is 4.79 Å². The summed E-state index contributed by atoms with van der Waals surface area (Å²) in [4.78, 5) is 42.7. The fraction of sp³-hybridized carbons (Fsp3) is 0.208. The van der Waals surface area contributed by atoms with Crippen molar-refractivity contribution in [2.45, 2.75) is 27.1 Å². The van der Waals surface area contributed by atoms with Crippen LogP contribution < -0.4 is 0 Å². The molecule has 0 spiro atoms. The number of nitrogens with zero attached hydrogens (tertiary/aromatic N) is 1. The number of furan rings is 2. The Labute approximate surface area is 211 Å². The summed E-state index contributed by atoms with van der Waals surface area (Å²) in [5, 5.41) is 40.7. The zero-order valence-electron chi connectivity index (χ0n) is 19.1. The first kappa shape index (κ1) is 36.9. The van der Waals surface area contributed by atoms with Crippen LogP contribution in [0.2, 0.25) is 0 Å². The van der Waals surface area contributed by atoms with Crippen LogP contribution in [0, 0.1) is 0 Å². The summed E-state index contributed by atoms with van der Waals surface area (Å²) in [7, 11) is 0.500. The van der Waals surface area contributed by atoms with E-state index in [0.29, 0.717) is 30.7 Å². The van der Waals surface area contributed by atoms with Gasteiger partial charge in [-0.05, 0) is 42.5 Å². The topological polar surface area (TPSA) is 209 Å². The predicted molar refractivity (Wildman–Crippen MR) is 129 cm³/mol. The Balaban J connectivity index is -0.000000416. The highest BCUT2D eigenvalue weighted by atomic mass is 19.1. The molecule has 3 rings (SSSR count). The van der Waals surface area contributed by atoms with Gasteiger partial charge in [0.15, 0.2) is 12.0 Å². The first-order chi connectivity index (χ1) is 17.2. The number of aliphatic hydroxyl groups is 2. The Morgan fingerprint density at radius 2 is 1.30 bits per heavy atom. The van der Waals surface area contributed by atoms with Gasteiger partial charge in [0, 0.05) is 18.5 Å². The molecule has 0 atom stereocenters. The van der Waals surface area contributed by atoms with Crippen molar-refractivity contribution in [3.63, 3.8) is 0 Å². The summed E-state index contributed by atoms with van der Waals surface area (Å²) in [6.45, 7) is -0.339. The molecule has 0 aliphatic rings. The minimum absolute atomic E-state index is 0. The number of aliphatic carboxylic acids is 3. The lowest BCUT2D eigenvalue weighted by atomic mass is 10.4. The standard InChI is InChI=1S/C8H8O4.C6H6O3.C5H5N.C3H4O4.CH3F.CH4/c9-5-7-2-1-6(12-7)3-4-8(10)11;7-3-5-1-2-6(4-8)9-5;1-2-4-6-5-3-1;4-2(5)1-3(6)7;1-2;/h1-4,9H,5H2,(H,10,11);1-3,8H,4H2;1-5H;1H2,(H,4,5)(H,6,7);1H3;1H4/b4-3+;;;;;. The van der Waals surface area contributed by atoms with E-state index in [1.54, 1.807) is 30.6 Å². The van der Waals surface area contributed by atoms with Gasteiger partial charge in [-0.1, -0.05) is 13.5 Å². The number of halogens is 1. The molecular weight excluding hydrogens is 497 g/mol. The van der Waals surface area contributed by atoms with Crippen LogP contribution in [-0.2, 0) is 27.6 Å². The number of carboxylic acids is 3. The van der Waals surface area contributed by atoms with Crippen LogP contribution >= 0.6 is 0 Å². The molecule has 13 heteroatoms. The Kier molecular flexibility index (Phi) is 24.5. The van der Waals surface area contributed by atoms with Gasteiger partial charge in [-0.3, -0.25) is 23.8 Å². The van der Waals surface area contributed by atoms with Crippen LogP contribution in [0.25, 0.3) is 6.08 Å². The number of rotatable bonds is 7. The van der Waals surface area contributed by atoms with Gasteiger partial charge >= 0.3 is 17.9 Å². The molecule has 0 saturated carbocycles. The molecule has 0 aromatic carbocycles. The minimum Gasteiger partial charge on any atom is -0.481 e. The van der Waals surface area contributed by atoms with Gasteiger partial charge < -0.3 is 34.4 Å². The van der Waals surface area contributed by atoms with E-state index in [1.165, 1.54) is 12.1 Å². The normalized spacial score (nSPS) is 8.76. The molecule has 0 saturated heterocycles. The Bertz CT molecular complexity index is 992. The number of hydrogen-bond acceptors (Lipinski definition) is 9. The van der Waals surface area contributed by atoms with Crippen molar-refractivity contribution in [3.8, 4) is 0 Å². The van der Waals surface area contributed by atoms with E-state index < -0.39 is 24.3 Å². The molecule has 3 heterocycles. The largest absolute Gasteiger partial charge is 0.481 e. The van der Waals surface area contributed by atoms with Gasteiger partial charge in [0.1, 0.15) is 36.9 Å². The molecule has 12 nitrogen and oxygen atoms in total. The Morgan fingerprint density at radius 1 is 0.838 bits per heavy atom. The van der Waals surface area contributed by atoms with E-state index in [-0.39, 0.29) is 26.4 Å². The van der Waals surface area contributed by atoms with Crippen LogP contribution in [0.5, 0.6) is 0 Å². The molecule has 0 bridgehead atoms. The van der Waals surface area contributed by atoms with Gasteiger partial charge in [-0.15, -0.1) is 0 Å². The van der Waals surface area contributed by atoms with E-state index >= 15 is 0 Å². The number of hydrogen-bond donors (Lipinski definition) is 5. The van der Waals surface area contributed by atoms with Crippen molar-refractivity contribution in [1.82, 2.24) is 4.98 Å². The molecular formula is C24H30FNO11. The monoisotopic (exact) mass is 527 g/mol. The summed E-state index contributed by atoms with van der Waals surface area (Å²) in [6, 6.07) is 12.0. The Hall–Kier alpha value is -4.62. The van der Waals surface area contributed by atoms with Crippen molar-refractivity contribution in [2.24, 2.45) is 0 Å². The highest BCUT2D eigenvalue weighted by Crippen LogP contribution is 2.08. The maximum Gasteiger partial charge on any atom is 0.328 e. The molecule has 0 unspecified atom stereocenters. The molecule has 37 heavy (non-hydrogen) atoms. The average molecular weight is 527 g/mol. The lowest BCUT2D eigenvalue weighted by Crippen LogP contribution is -2.03. The van der Waals surface area contributed by atoms with Crippen molar-refractivity contribution >= 4 is 30.3 Å². The van der Waals surface area contributed by atoms with Crippen molar-refractivity contribution in [1.29, 1.82) is 0 Å². The fourth-order valence-corrected chi connectivity index (χ4v) is 1.71. The lowest BCUT2D eigenvalue weighted by molar-refractivity contribution is -0.147. The van der Waals surface area contributed by atoms with Crippen LogP contribution in [0.1, 0.15) is 41.7 Å². The minimum atomic E-state index is -1.31. The highest BCUT2D eigenvalue weighted by Gasteiger charge is 2.01. The number of aliphatic hydroxyl groups excluding tert-OH is 2. The summed E-state index contributed by atoms with van der Waals surface area (Å²) in [5.74, 6) is -2.16. The third-order valence-corrected chi connectivity index (χ3v) is 3.05. The third kappa shape index (κ3) is 22.9. The first-order valence-corrected chi connectivity index (χ1v) is 9.63. The molecule has 204 valence electrons. The molecule has 5 N–H and O–H groups in total. The van der Waals surface area contributed by atoms with Crippen LogP contribution in [0.3, 0.4) is 0 Å². The molecule has 0 aliphatic carbocycles. The number of aromatic nitrogens is 1. The Morgan fingerprint density at radius 3 is 1.54 bits per heavy atom. The van der Waals surface area contributed by atoms with E-state index in [1.807, 2.05) is 18.2 Å². The lowest BCUT2D eigenvalue weighted by Gasteiger charge is -1.85. The van der Waals surface area contributed by atoms with E-state index in [4.69, 9.17) is 34.4 Å². The quantitative estimate of drug-likeness (QED) is 0.170. The predicted octanol–water partition coefficient (Wildman–Crippen LogP) is 3.30. The van der Waals surface area contributed by atoms with Crippen LogP contribution in [0.4, 0.5) is 4.39 Å². The van der Waals surface area contributed by atoms with E-state index in [2.05, 4.69) is 4.98 Å². The van der Waals surface area contributed by atoms with Crippen molar-refractivity contribution < 1.29 is 57.9 Å². The molecule has 0 radical (unpaired) electrons. The average Bonchev–Trinajstić information content (AvgIpc) is 3.55. The third-order valence-electron chi connectivity index (χ3n) is 3.05. The molecule has 0 aliphatic heterocycles. The summed E-state index contributed by atoms with van der Waals surface area (Å²) in [6.07, 6.45) is 5.58. The van der Waals surface area contributed by atoms with Crippen molar-refractivity contribution in [3.05, 3.63) is 84.0 Å². The first-order valence-electron chi connectivity index (χ1n) is 9.63. The second-order valence-corrected chi connectivity index (χ2v) is 5.70. The van der Waals surface area contributed by atoms with Gasteiger partial charge in [-0.2, -0.15) is 0 Å². The van der Waals surface area contributed by atoms with Crippen LogP contribution in [-0.4, -0.2) is 61.9 Å². The zero-order valence-corrected chi connectivity index (χ0v) is 19.1. The summed E-state index contributed by atoms with van der Waals surface area (Å²) < 4.78 is 19.2. The number of carbonyl (C=O) groups is 4. The maximum atomic E-state index is 10.1. The summed E-state index contributed by atoms with van der Waals surface area (Å²) in [5.41, 5.74) is 0. The van der Waals surface area contributed by atoms with E-state index in [0.717, 1.165) is 6.08 Å². The second-order valence-electron chi connectivity index (χ2n) is 5.70. The smallest absolute Gasteiger partial charge is 0.328 e. The molecule has 0 fully saturated rings. The number of pyridine rings is 1. The SMILES string of the molecule is C.CF.O=C(O)/C=C/c1ccc(CO)o1.O=C(O)CC(=O)O.O=Cc1ccc(CO)o1.c1ccncc1. The van der Waals surface area contributed by atoms with Gasteiger partial charge in [0.25, 0.3) is 0 Å². The number of aldehydes is 1. The molecule has 3 aromatic rings. The highest BCUT2D eigenvalue weighted by molar-refractivity contribution is 5.88. The number of carbonyl (C=O) groups excluding carboxylic acids is 1. The zero-order chi connectivity index (χ0) is 27.8. The van der Waals surface area contributed by atoms with Gasteiger partial charge in [0.05, 0.1) is 7.18 Å². The van der Waals surface area contributed by atoms with Crippen LogP contribution in [0.15, 0.2) is 69.8 Å². The van der Waals surface area contributed by atoms with Crippen molar-refractivity contribution in [2.75, 3.05) is 7.18 Å². The second kappa shape index (κ2) is 24.5.